The minimum atomic E-state index is -3.90. The van der Waals surface area contributed by atoms with Crippen molar-refractivity contribution >= 4 is 32.4 Å². The minimum Gasteiger partial charge on any atom is -0.468 e. The highest BCUT2D eigenvalue weighted by molar-refractivity contribution is 7.89. The normalized spacial score (nSPS) is 11.5. The van der Waals surface area contributed by atoms with Gasteiger partial charge in [-0.05, 0) is 31.2 Å². The van der Waals surface area contributed by atoms with E-state index in [2.05, 4.69) is 20.2 Å². The van der Waals surface area contributed by atoms with Gasteiger partial charge in [0.05, 0.1) is 12.8 Å². The number of rotatable bonds is 6. The van der Waals surface area contributed by atoms with Crippen molar-refractivity contribution in [1.29, 1.82) is 0 Å². The number of aryl methyl sites for hydroxylation is 1. The molecule has 24 heavy (non-hydrogen) atoms. The maximum absolute atomic E-state index is 12.1. The first-order valence-electron chi connectivity index (χ1n) is 6.67. The summed E-state index contributed by atoms with van der Waals surface area (Å²) in [6, 6.07) is 5.75. The molecule has 0 fully saturated rings. The third-order valence-corrected chi connectivity index (χ3v) is 4.86. The highest BCUT2D eigenvalue weighted by Gasteiger charge is 2.22. The van der Waals surface area contributed by atoms with Gasteiger partial charge in [0.25, 0.3) is 15.9 Å². The molecule has 2 N–H and O–H groups in total. The topological polar surface area (TPSA) is 127 Å². The van der Waals surface area contributed by atoms with Crippen molar-refractivity contribution in [1.82, 2.24) is 14.9 Å². The van der Waals surface area contributed by atoms with Crippen LogP contribution in [0, 0.1) is 6.92 Å². The Morgan fingerprint density at radius 1 is 1.29 bits per heavy atom. The second-order valence-electron chi connectivity index (χ2n) is 4.60. The second kappa shape index (κ2) is 6.55. The third kappa shape index (κ3) is 3.69. The lowest BCUT2D eigenvalue weighted by atomic mass is 10.4. The molecule has 0 saturated carbocycles. The van der Waals surface area contributed by atoms with Crippen LogP contribution >= 0.6 is 11.3 Å². The van der Waals surface area contributed by atoms with Crippen LogP contribution in [0.15, 0.2) is 44.5 Å². The van der Waals surface area contributed by atoms with Crippen molar-refractivity contribution in [2.75, 3.05) is 5.32 Å². The van der Waals surface area contributed by atoms with Crippen molar-refractivity contribution in [2.45, 2.75) is 18.6 Å². The number of anilines is 1. The number of hydrogen-bond donors (Lipinski definition) is 2. The fraction of sp³-hybridized carbons (Fsp3) is 0.154. The number of carbonyl (C=O) groups is 1. The number of furan rings is 2. The number of nitrogens with zero attached hydrogens (tertiary/aromatic N) is 2. The van der Waals surface area contributed by atoms with Crippen LogP contribution in [0.3, 0.4) is 0 Å². The summed E-state index contributed by atoms with van der Waals surface area (Å²) in [6.45, 7) is 1.72. The van der Waals surface area contributed by atoms with E-state index in [9.17, 15) is 13.2 Å². The van der Waals surface area contributed by atoms with Crippen LogP contribution < -0.4 is 10.0 Å². The quantitative estimate of drug-likeness (QED) is 0.678. The maximum atomic E-state index is 12.1. The molecule has 0 aliphatic rings. The number of aromatic nitrogens is 2. The lowest BCUT2D eigenvalue weighted by molar-refractivity contribution is 0.0991. The zero-order valence-corrected chi connectivity index (χ0v) is 14.0. The van der Waals surface area contributed by atoms with Crippen LogP contribution in [0.5, 0.6) is 0 Å². The molecule has 3 heterocycles. The summed E-state index contributed by atoms with van der Waals surface area (Å²) in [6.07, 6.45) is 1.44. The molecule has 3 aromatic rings. The monoisotopic (exact) mass is 368 g/mol. The van der Waals surface area contributed by atoms with Crippen LogP contribution in [0.2, 0.25) is 0 Å². The molecule has 0 aromatic carbocycles. The lowest BCUT2D eigenvalue weighted by Gasteiger charge is -2.02. The van der Waals surface area contributed by atoms with E-state index in [4.69, 9.17) is 8.83 Å². The number of amides is 1. The zero-order chi connectivity index (χ0) is 17.2. The smallest absolute Gasteiger partial charge is 0.293 e. The Bertz CT molecular complexity index is 943. The summed E-state index contributed by atoms with van der Waals surface area (Å²) in [4.78, 5) is 12.0. The fourth-order valence-corrected chi connectivity index (χ4v) is 3.25. The van der Waals surface area contributed by atoms with Gasteiger partial charge in [-0.3, -0.25) is 10.1 Å². The average molecular weight is 368 g/mol. The summed E-state index contributed by atoms with van der Waals surface area (Å²) >= 11 is 1.19. The molecule has 0 radical (unpaired) electrons. The van der Waals surface area contributed by atoms with Gasteiger partial charge < -0.3 is 8.83 Å². The van der Waals surface area contributed by atoms with Gasteiger partial charge in [-0.2, -0.15) is 0 Å². The molecule has 9 nitrogen and oxygen atoms in total. The SMILES string of the molecule is Cc1nnc(NC(=O)c2ccc(S(=O)(=O)NCc3ccco3)o2)s1. The summed E-state index contributed by atoms with van der Waals surface area (Å²) < 4.78 is 36.7. The second-order valence-corrected chi connectivity index (χ2v) is 7.48. The Kier molecular flexibility index (Phi) is 4.46. The largest absolute Gasteiger partial charge is 0.468 e. The van der Waals surface area contributed by atoms with Crippen LogP contribution in [-0.2, 0) is 16.6 Å². The molecule has 0 unspecified atom stereocenters. The number of carbonyl (C=O) groups excluding carboxylic acids is 1. The average Bonchev–Trinajstić information content (AvgIpc) is 3.27. The van der Waals surface area contributed by atoms with E-state index >= 15 is 0 Å². The Balaban J connectivity index is 1.68. The lowest BCUT2D eigenvalue weighted by Crippen LogP contribution is -2.22. The first-order valence-corrected chi connectivity index (χ1v) is 8.97. The number of nitrogens with one attached hydrogen (secondary N) is 2. The van der Waals surface area contributed by atoms with Gasteiger partial charge in [-0.1, -0.05) is 11.3 Å². The highest BCUT2D eigenvalue weighted by atomic mass is 32.2. The standard InChI is InChI=1S/C13H12N4O5S2/c1-8-16-17-13(23-8)15-12(18)10-4-5-11(22-10)24(19,20)14-7-9-3-2-6-21-9/h2-6,14H,7H2,1H3,(H,15,17,18). The van der Waals surface area contributed by atoms with E-state index in [0.717, 1.165) is 0 Å². The van der Waals surface area contributed by atoms with E-state index in [0.29, 0.717) is 15.9 Å². The predicted octanol–water partition coefficient (Wildman–Crippen LogP) is 1.76. The Morgan fingerprint density at radius 3 is 2.79 bits per heavy atom. The molecule has 0 spiro atoms. The Hall–Kier alpha value is -2.50. The Morgan fingerprint density at radius 2 is 2.12 bits per heavy atom. The summed E-state index contributed by atoms with van der Waals surface area (Å²) in [5.41, 5.74) is 0. The van der Waals surface area contributed by atoms with Crippen LogP contribution in [-0.4, -0.2) is 24.5 Å². The summed E-state index contributed by atoms with van der Waals surface area (Å²) in [7, 11) is -3.90. The van der Waals surface area contributed by atoms with E-state index in [1.54, 1.807) is 19.1 Å². The van der Waals surface area contributed by atoms with E-state index in [1.165, 1.54) is 29.7 Å². The van der Waals surface area contributed by atoms with Crippen molar-refractivity contribution < 1.29 is 22.0 Å². The molecule has 126 valence electrons. The highest BCUT2D eigenvalue weighted by Crippen LogP contribution is 2.18. The van der Waals surface area contributed by atoms with Gasteiger partial charge in [0.15, 0.2) is 5.76 Å². The molecule has 0 saturated heterocycles. The van der Waals surface area contributed by atoms with Gasteiger partial charge in [-0.15, -0.1) is 10.2 Å². The third-order valence-electron chi connectivity index (χ3n) is 2.83. The molecule has 3 rings (SSSR count). The maximum Gasteiger partial charge on any atom is 0.293 e. The van der Waals surface area contributed by atoms with E-state index in [1.807, 2.05) is 0 Å². The number of hydrogen-bond acceptors (Lipinski definition) is 8. The van der Waals surface area contributed by atoms with Crippen molar-refractivity contribution in [2.24, 2.45) is 0 Å². The first kappa shape index (κ1) is 16.4. The molecule has 3 aromatic heterocycles. The Labute approximate surface area is 140 Å². The molecule has 0 bridgehead atoms. The van der Waals surface area contributed by atoms with Crippen molar-refractivity contribution in [3.63, 3.8) is 0 Å². The van der Waals surface area contributed by atoms with Crippen LogP contribution in [0.1, 0.15) is 21.3 Å². The summed E-state index contributed by atoms with van der Waals surface area (Å²) in [5, 5.41) is 10.6. The number of sulfonamides is 1. The van der Waals surface area contributed by atoms with Gasteiger partial charge >= 0.3 is 0 Å². The molecule has 0 aliphatic heterocycles. The van der Waals surface area contributed by atoms with Crippen LogP contribution in [0.25, 0.3) is 0 Å². The van der Waals surface area contributed by atoms with Crippen molar-refractivity contribution in [3.05, 3.63) is 47.1 Å². The zero-order valence-electron chi connectivity index (χ0n) is 12.3. The summed E-state index contributed by atoms with van der Waals surface area (Å²) in [5.74, 6) is -0.311. The molecule has 0 atom stereocenters. The molecular weight excluding hydrogens is 356 g/mol. The molecular formula is C13H12N4O5S2. The molecule has 1 amide bonds. The van der Waals surface area contributed by atoms with Gasteiger partial charge in [-0.25, -0.2) is 13.1 Å². The van der Waals surface area contributed by atoms with Crippen molar-refractivity contribution in [3.8, 4) is 0 Å². The van der Waals surface area contributed by atoms with E-state index < -0.39 is 15.9 Å². The van der Waals surface area contributed by atoms with Gasteiger partial charge in [0, 0.05) is 0 Å². The minimum absolute atomic E-state index is 0.0262. The van der Waals surface area contributed by atoms with E-state index in [-0.39, 0.29) is 17.4 Å². The molecule has 11 heteroatoms. The van der Waals surface area contributed by atoms with Gasteiger partial charge in [0.2, 0.25) is 10.2 Å². The van der Waals surface area contributed by atoms with Crippen LogP contribution in [0.4, 0.5) is 5.13 Å². The van der Waals surface area contributed by atoms with Gasteiger partial charge in [0.1, 0.15) is 10.8 Å². The molecule has 0 aliphatic carbocycles. The first-order chi connectivity index (χ1) is 11.4. The predicted molar refractivity (Wildman–Crippen MR) is 84.0 cm³/mol. The fourth-order valence-electron chi connectivity index (χ4n) is 1.74.